The van der Waals surface area contributed by atoms with E-state index in [0.717, 1.165) is 48.7 Å². The van der Waals surface area contributed by atoms with E-state index in [1.54, 1.807) is 22.1 Å². The zero-order chi connectivity index (χ0) is 24.7. The van der Waals surface area contributed by atoms with E-state index in [2.05, 4.69) is 4.98 Å². The number of carbonyl (C=O) groups excluding carboxylic acids is 2. The SMILES string of the molecule is O=C(c1cccc(N2CCCC2=O)c1)N(Cc1cccc(OC[C@H]2CCOC2)c1)Cc1ccccn1. The number of hydrogen-bond donors (Lipinski definition) is 0. The fraction of sp³-hybridized carbons (Fsp3) is 0.345. The topological polar surface area (TPSA) is 72.0 Å². The Kier molecular flexibility index (Phi) is 7.57. The minimum Gasteiger partial charge on any atom is -0.493 e. The number of aromatic nitrogens is 1. The third-order valence-corrected chi connectivity index (χ3v) is 6.63. The molecule has 7 nitrogen and oxygen atoms in total. The summed E-state index contributed by atoms with van der Waals surface area (Å²) in [5, 5.41) is 0. The summed E-state index contributed by atoms with van der Waals surface area (Å²) in [5.74, 6) is 1.21. The van der Waals surface area contributed by atoms with Gasteiger partial charge < -0.3 is 19.3 Å². The van der Waals surface area contributed by atoms with Gasteiger partial charge in [0, 0.05) is 49.5 Å². The summed E-state index contributed by atoms with van der Waals surface area (Å²) in [6, 6.07) is 21.0. The molecule has 2 aromatic carbocycles. The first-order chi connectivity index (χ1) is 17.7. The predicted molar refractivity (Wildman–Crippen MR) is 137 cm³/mol. The van der Waals surface area contributed by atoms with Crippen LogP contribution in [0.15, 0.2) is 72.9 Å². The van der Waals surface area contributed by atoms with Crippen molar-refractivity contribution >= 4 is 17.5 Å². The van der Waals surface area contributed by atoms with Crippen LogP contribution in [0.4, 0.5) is 5.69 Å². The second kappa shape index (κ2) is 11.4. The molecule has 7 heteroatoms. The summed E-state index contributed by atoms with van der Waals surface area (Å²) < 4.78 is 11.5. The monoisotopic (exact) mass is 485 g/mol. The number of nitrogens with zero attached hydrogens (tertiary/aromatic N) is 3. The number of anilines is 1. The van der Waals surface area contributed by atoms with Crippen molar-refractivity contribution in [2.45, 2.75) is 32.4 Å². The quantitative estimate of drug-likeness (QED) is 0.447. The maximum absolute atomic E-state index is 13.7. The Morgan fingerprint density at radius 2 is 2.00 bits per heavy atom. The lowest BCUT2D eigenvalue weighted by molar-refractivity contribution is -0.117. The van der Waals surface area contributed by atoms with Crippen LogP contribution in [-0.2, 0) is 22.6 Å². The van der Waals surface area contributed by atoms with Crippen LogP contribution in [0.3, 0.4) is 0 Å². The number of ether oxygens (including phenoxy) is 2. The molecule has 186 valence electrons. The third-order valence-electron chi connectivity index (χ3n) is 6.63. The molecule has 0 saturated carbocycles. The molecule has 1 aromatic heterocycles. The van der Waals surface area contributed by atoms with Crippen LogP contribution in [0.5, 0.6) is 5.75 Å². The predicted octanol–water partition coefficient (Wildman–Crippen LogP) is 4.47. The van der Waals surface area contributed by atoms with Gasteiger partial charge in [-0.15, -0.1) is 0 Å². The van der Waals surface area contributed by atoms with Crippen LogP contribution in [0.25, 0.3) is 0 Å². The summed E-state index contributed by atoms with van der Waals surface area (Å²) in [4.78, 5) is 34.0. The normalized spacial score (nSPS) is 17.4. The van der Waals surface area contributed by atoms with Crippen LogP contribution in [0.2, 0.25) is 0 Å². The van der Waals surface area contributed by atoms with Crippen LogP contribution < -0.4 is 9.64 Å². The van der Waals surface area contributed by atoms with E-state index in [1.165, 1.54) is 0 Å². The second-order valence-corrected chi connectivity index (χ2v) is 9.37. The van der Waals surface area contributed by atoms with Gasteiger partial charge in [-0.3, -0.25) is 14.6 Å². The lowest BCUT2D eigenvalue weighted by Crippen LogP contribution is -2.31. The van der Waals surface area contributed by atoms with Crippen molar-refractivity contribution in [1.82, 2.24) is 9.88 Å². The zero-order valence-electron chi connectivity index (χ0n) is 20.3. The molecular formula is C29H31N3O4. The number of benzene rings is 2. The van der Waals surface area contributed by atoms with E-state index in [0.29, 0.717) is 44.1 Å². The highest BCUT2D eigenvalue weighted by atomic mass is 16.5. The Morgan fingerprint density at radius 3 is 2.78 bits per heavy atom. The zero-order valence-corrected chi connectivity index (χ0v) is 20.3. The van der Waals surface area contributed by atoms with Crippen molar-refractivity contribution < 1.29 is 19.1 Å². The molecule has 3 aromatic rings. The molecule has 0 radical (unpaired) electrons. The Morgan fingerprint density at radius 1 is 1.08 bits per heavy atom. The third kappa shape index (κ3) is 5.91. The van der Waals surface area contributed by atoms with E-state index in [1.807, 2.05) is 60.7 Å². The Labute approximate surface area is 211 Å². The average molecular weight is 486 g/mol. The van der Waals surface area contributed by atoms with E-state index in [9.17, 15) is 9.59 Å². The fourth-order valence-corrected chi connectivity index (χ4v) is 4.68. The van der Waals surface area contributed by atoms with Crippen molar-refractivity contribution in [2.24, 2.45) is 5.92 Å². The summed E-state index contributed by atoms with van der Waals surface area (Å²) in [5.41, 5.74) is 3.11. The maximum Gasteiger partial charge on any atom is 0.254 e. The molecule has 36 heavy (non-hydrogen) atoms. The first-order valence-electron chi connectivity index (χ1n) is 12.5. The van der Waals surface area contributed by atoms with Gasteiger partial charge in [0.2, 0.25) is 5.91 Å². The Balaban J connectivity index is 1.35. The average Bonchev–Trinajstić information content (AvgIpc) is 3.59. The summed E-state index contributed by atoms with van der Waals surface area (Å²) in [7, 11) is 0. The molecule has 2 saturated heterocycles. The molecule has 0 unspecified atom stereocenters. The highest BCUT2D eigenvalue weighted by molar-refractivity contribution is 5.99. The first kappa shape index (κ1) is 24.0. The number of pyridine rings is 1. The van der Waals surface area contributed by atoms with Crippen molar-refractivity contribution in [3.05, 3.63) is 89.7 Å². The Bertz CT molecular complexity index is 1190. The minimum absolute atomic E-state index is 0.103. The first-order valence-corrected chi connectivity index (χ1v) is 12.5. The number of amides is 2. The summed E-state index contributed by atoms with van der Waals surface area (Å²) in [6.45, 7) is 3.64. The van der Waals surface area contributed by atoms with Crippen molar-refractivity contribution in [1.29, 1.82) is 0 Å². The number of rotatable bonds is 9. The van der Waals surface area contributed by atoms with Gasteiger partial charge in [0.25, 0.3) is 5.91 Å². The summed E-state index contributed by atoms with van der Waals surface area (Å²) >= 11 is 0. The molecule has 2 aliphatic heterocycles. The maximum atomic E-state index is 13.7. The van der Waals surface area contributed by atoms with Gasteiger partial charge in [-0.2, -0.15) is 0 Å². The van der Waals surface area contributed by atoms with Crippen molar-refractivity contribution in [3.63, 3.8) is 0 Å². The standard InChI is InChI=1S/C29H31N3O4/c33-28-11-5-14-32(28)26-9-4-7-24(17-26)29(34)31(19-25-8-1-2-13-30-25)18-22-6-3-10-27(16-22)36-21-23-12-15-35-20-23/h1-4,6-10,13,16-17,23H,5,11-12,14-15,18-21H2/t23-/m0/s1. The molecule has 2 aliphatic rings. The van der Waals surface area contributed by atoms with E-state index >= 15 is 0 Å². The van der Waals surface area contributed by atoms with Gasteiger partial charge >= 0.3 is 0 Å². The van der Waals surface area contributed by atoms with Crippen LogP contribution in [0.1, 0.15) is 40.9 Å². The van der Waals surface area contributed by atoms with Crippen molar-refractivity contribution in [3.8, 4) is 5.75 Å². The molecular weight excluding hydrogens is 454 g/mol. The lowest BCUT2D eigenvalue weighted by Gasteiger charge is -2.24. The highest BCUT2D eigenvalue weighted by Gasteiger charge is 2.24. The minimum atomic E-state index is -0.108. The molecule has 0 bridgehead atoms. The largest absolute Gasteiger partial charge is 0.493 e. The van der Waals surface area contributed by atoms with E-state index in [4.69, 9.17) is 9.47 Å². The van der Waals surface area contributed by atoms with Gasteiger partial charge in [0.15, 0.2) is 0 Å². The number of carbonyl (C=O) groups is 2. The van der Waals surface area contributed by atoms with Gasteiger partial charge in [-0.25, -0.2) is 0 Å². The van der Waals surface area contributed by atoms with Gasteiger partial charge in [0.1, 0.15) is 5.75 Å². The molecule has 0 spiro atoms. The number of hydrogen-bond acceptors (Lipinski definition) is 5. The van der Waals surface area contributed by atoms with E-state index < -0.39 is 0 Å². The smallest absolute Gasteiger partial charge is 0.254 e. The molecule has 0 N–H and O–H groups in total. The molecule has 5 rings (SSSR count). The van der Waals surface area contributed by atoms with Gasteiger partial charge in [-0.05, 0) is 60.9 Å². The van der Waals surface area contributed by atoms with Crippen LogP contribution in [-0.4, -0.2) is 48.1 Å². The van der Waals surface area contributed by atoms with Crippen LogP contribution >= 0.6 is 0 Å². The van der Waals surface area contributed by atoms with Crippen LogP contribution in [0, 0.1) is 5.92 Å². The van der Waals surface area contributed by atoms with E-state index in [-0.39, 0.29) is 11.8 Å². The molecule has 2 fully saturated rings. The summed E-state index contributed by atoms with van der Waals surface area (Å²) in [6.07, 6.45) is 4.15. The molecule has 0 aliphatic carbocycles. The highest BCUT2D eigenvalue weighted by Crippen LogP contribution is 2.24. The Hall–Kier alpha value is -3.71. The second-order valence-electron chi connectivity index (χ2n) is 9.37. The fourth-order valence-electron chi connectivity index (χ4n) is 4.68. The molecule has 3 heterocycles. The van der Waals surface area contributed by atoms with Gasteiger partial charge in [0.05, 0.1) is 25.5 Å². The molecule has 1 atom stereocenters. The molecule has 2 amide bonds. The van der Waals surface area contributed by atoms with Gasteiger partial charge in [-0.1, -0.05) is 24.3 Å². The van der Waals surface area contributed by atoms with Crippen molar-refractivity contribution in [2.75, 3.05) is 31.3 Å². The lowest BCUT2D eigenvalue weighted by atomic mass is 10.1.